The van der Waals surface area contributed by atoms with Crippen LogP contribution in [0.3, 0.4) is 0 Å². The Balaban J connectivity index is 2.54. The Bertz CT molecular complexity index is 421. The van der Waals surface area contributed by atoms with E-state index in [0.29, 0.717) is 11.8 Å². The van der Waals surface area contributed by atoms with Gasteiger partial charge in [-0.3, -0.25) is 9.59 Å². The van der Waals surface area contributed by atoms with Gasteiger partial charge in [-0.25, -0.2) is 0 Å². The van der Waals surface area contributed by atoms with Crippen LogP contribution in [0.4, 0.5) is 0 Å². The van der Waals surface area contributed by atoms with Gasteiger partial charge in [-0.1, -0.05) is 26.3 Å². The summed E-state index contributed by atoms with van der Waals surface area (Å²) in [6.45, 7) is 8.22. The molecular formula is C15H22O3. The van der Waals surface area contributed by atoms with Crippen LogP contribution in [0.25, 0.3) is 0 Å². The molecule has 0 aromatic rings. The van der Waals surface area contributed by atoms with Crippen molar-refractivity contribution in [2.75, 3.05) is 0 Å². The molecule has 0 aliphatic heterocycles. The molecule has 0 heterocycles. The third-order valence-corrected chi connectivity index (χ3v) is 5.40. The lowest BCUT2D eigenvalue weighted by Crippen LogP contribution is -2.43. The van der Waals surface area contributed by atoms with Crippen LogP contribution < -0.4 is 0 Å². The zero-order valence-corrected chi connectivity index (χ0v) is 11.6. The van der Waals surface area contributed by atoms with Gasteiger partial charge in [-0.05, 0) is 37.2 Å². The van der Waals surface area contributed by atoms with Crippen molar-refractivity contribution in [3.8, 4) is 0 Å². The van der Waals surface area contributed by atoms with Gasteiger partial charge in [-0.15, -0.1) is 0 Å². The minimum atomic E-state index is -0.746. The number of fused-ring (bicyclic) bond motifs is 2. The van der Waals surface area contributed by atoms with E-state index in [1.54, 1.807) is 0 Å². The van der Waals surface area contributed by atoms with Crippen molar-refractivity contribution >= 4 is 12.3 Å². The minimum Gasteiger partial charge on any atom is -0.481 e. The van der Waals surface area contributed by atoms with Crippen LogP contribution >= 0.6 is 0 Å². The maximum absolute atomic E-state index is 11.7. The summed E-state index contributed by atoms with van der Waals surface area (Å²) in [6, 6.07) is 0. The predicted octanol–water partition coefficient (Wildman–Crippen LogP) is 2.90. The fraction of sp³-hybridized carbons (Fsp3) is 0.733. The summed E-state index contributed by atoms with van der Waals surface area (Å²) in [5.74, 6) is -0.513. The summed E-state index contributed by atoms with van der Waals surface area (Å²) in [4.78, 5) is 23.0. The van der Waals surface area contributed by atoms with Crippen LogP contribution in [0.2, 0.25) is 0 Å². The van der Waals surface area contributed by atoms with Crippen molar-refractivity contribution < 1.29 is 14.7 Å². The minimum absolute atomic E-state index is 0.0845. The maximum Gasteiger partial charge on any atom is 0.308 e. The first kappa shape index (κ1) is 13.3. The van der Waals surface area contributed by atoms with Gasteiger partial charge >= 0.3 is 5.97 Å². The van der Waals surface area contributed by atoms with Crippen molar-refractivity contribution in [2.24, 2.45) is 29.1 Å². The van der Waals surface area contributed by atoms with Crippen molar-refractivity contribution in [2.45, 2.75) is 40.5 Å². The van der Waals surface area contributed by atoms with Crippen LogP contribution in [0.5, 0.6) is 0 Å². The fourth-order valence-corrected chi connectivity index (χ4v) is 4.20. The van der Waals surface area contributed by atoms with Crippen molar-refractivity contribution in [1.82, 2.24) is 0 Å². The average molecular weight is 250 g/mol. The quantitative estimate of drug-likeness (QED) is 0.783. The summed E-state index contributed by atoms with van der Waals surface area (Å²) in [5.41, 5.74) is 1.46. The van der Waals surface area contributed by atoms with Crippen LogP contribution in [-0.2, 0) is 9.59 Å². The number of carbonyl (C=O) groups is 2. The predicted molar refractivity (Wildman–Crippen MR) is 69.0 cm³/mol. The van der Waals surface area contributed by atoms with E-state index in [1.165, 1.54) is 0 Å². The Labute approximate surface area is 108 Å². The average Bonchev–Trinajstić information content (AvgIpc) is 2.42. The van der Waals surface area contributed by atoms with Crippen LogP contribution in [-0.4, -0.2) is 17.4 Å². The van der Waals surface area contributed by atoms with Gasteiger partial charge < -0.3 is 5.11 Å². The summed E-state index contributed by atoms with van der Waals surface area (Å²) in [7, 11) is 0. The van der Waals surface area contributed by atoms with E-state index in [0.717, 1.165) is 30.3 Å². The molecule has 18 heavy (non-hydrogen) atoms. The van der Waals surface area contributed by atoms with Gasteiger partial charge in [0, 0.05) is 11.3 Å². The van der Waals surface area contributed by atoms with Crippen molar-refractivity contribution in [3.05, 3.63) is 11.1 Å². The highest BCUT2D eigenvalue weighted by molar-refractivity contribution is 5.84. The highest BCUT2D eigenvalue weighted by atomic mass is 16.4. The SMILES string of the molecule is CC1=C(C=O)[C@@H]2[C@@H](C(=O)O)[C@@]1(C)CC[C@H]2C(C)C. The lowest BCUT2D eigenvalue weighted by atomic mass is 9.59. The fourth-order valence-electron chi connectivity index (χ4n) is 4.20. The molecular weight excluding hydrogens is 228 g/mol. The normalized spacial score (nSPS) is 39.3. The van der Waals surface area contributed by atoms with Gasteiger partial charge in [-0.2, -0.15) is 0 Å². The van der Waals surface area contributed by atoms with Crippen LogP contribution in [0.1, 0.15) is 40.5 Å². The van der Waals surface area contributed by atoms with Crippen molar-refractivity contribution in [1.29, 1.82) is 0 Å². The summed E-state index contributed by atoms with van der Waals surface area (Å²) in [6.07, 6.45) is 2.81. The Hall–Kier alpha value is -1.12. The Morgan fingerprint density at radius 1 is 1.50 bits per heavy atom. The molecule has 0 spiro atoms. The molecule has 3 heteroatoms. The Morgan fingerprint density at radius 3 is 2.56 bits per heavy atom. The van der Waals surface area contributed by atoms with Gasteiger partial charge in [0.25, 0.3) is 0 Å². The first-order valence-electron chi connectivity index (χ1n) is 6.73. The first-order chi connectivity index (χ1) is 8.34. The van der Waals surface area contributed by atoms with E-state index < -0.39 is 11.9 Å². The number of rotatable bonds is 3. The van der Waals surface area contributed by atoms with E-state index in [2.05, 4.69) is 13.8 Å². The standard InChI is InChI=1S/C15H22O3/c1-8(2)10-5-6-15(4)9(3)11(7-16)12(10)13(15)14(17)18/h7-8,10,12-13H,5-6H2,1-4H3,(H,17,18)/t10-,12+,13-,15-/m0/s1. The van der Waals surface area contributed by atoms with Gasteiger partial charge in [0.2, 0.25) is 0 Å². The Kier molecular flexibility index (Phi) is 3.12. The molecule has 0 unspecified atom stereocenters. The number of hydrogen-bond acceptors (Lipinski definition) is 2. The molecule has 0 aromatic heterocycles. The van der Waals surface area contributed by atoms with Gasteiger partial charge in [0.05, 0.1) is 5.92 Å². The number of aldehydes is 1. The van der Waals surface area contributed by atoms with Gasteiger partial charge in [0.15, 0.2) is 0 Å². The van der Waals surface area contributed by atoms with Crippen molar-refractivity contribution in [3.63, 3.8) is 0 Å². The largest absolute Gasteiger partial charge is 0.481 e. The van der Waals surface area contributed by atoms with Gasteiger partial charge in [0.1, 0.15) is 6.29 Å². The second-order valence-corrected chi connectivity index (χ2v) is 6.40. The third kappa shape index (κ3) is 1.56. The van der Waals surface area contributed by atoms with E-state index in [4.69, 9.17) is 0 Å². The molecule has 0 aromatic carbocycles. The van der Waals surface area contributed by atoms with E-state index >= 15 is 0 Å². The molecule has 4 atom stereocenters. The molecule has 1 saturated carbocycles. The number of hydrogen-bond donors (Lipinski definition) is 1. The highest BCUT2D eigenvalue weighted by Crippen LogP contribution is 2.60. The summed E-state index contributed by atoms with van der Waals surface area (Å²) < 4.78 is 0. The molecule has 1 N–H and O–H groups in total. The molecule has 2 rings (SSSR count). The lowest BCUT2D eigenvalue weighted by Gasteiger charge is -2.43. The molecule has 0 saturated heterocycles. The molecule has 100 valence electrons. The second-order valence-electron chi connectivity index (χ2n) is 6.40. The van der Waals surface area contributed by atoms with Crippen LogP contribution in [0.15, 0.2) is 11.1 Å². The third-order valence-electron chi connectivity index (χ3n) is 5.40. The second kappa shape index (κ2) is 4.22. The first-order valence-corrected chi connectivity index (χ1v) is 6.73. The zero-order chi connectivity index (χ0) is 13.7. The molecule has 0 radical (unpaired) electrons. The molecule has 2 aliphatic carbocycles. The summed E-state index contributed by atoms with van der Waals surface area (Å²) in [5, 5.41) is 9.57. The number of aliphatic carboxylic acids is 1. The lowest BCUT2D eigenvalue weighted by molar-refractivity contribution is -0.150. The van der Waals surface area contributed by atoms with E-state index in [-0.39, 0.29) is 11.3 Å². The summed E-state index contributed by atoms with van der Waals surface area (Å²) >= 11 is 0. The molecule has 3 nitrogen and oxygen atoms in total. The monoisotopic (exact) mass is 250 g/mol. The number of carboxylic acid groups (broad SMARTS) is 1. The molecule has 0 amide bonds. The molecule has 2 bridgehead atoms. The van der Waals surface area contributed by atoms with E-state index in [9.17, 15) is 14.7 Å². The van der Waals surface area contributed by atoms with E-state index in [1.807, 2.05) is 13.8 Å². The zero-order valence-electron chi connectivity index (χ0n) is 11.6. The topological polar surface area (TPSA) is 54.4 Å². The smallest absolute Gasteiger partial charge is 0.308 e. The number of allylic oxidation sites excluding steroid dienone is 2. The van der Waals surface area contributed by atoms with Crippen LogP contribution in [0, 0.1) is 29.1 Å². The number of carbonyl (C=O) groups excluding carboxylic acids is 1. The Morgan fingerprint density at radius 2 is 2.11 bits per heavy atom. The number of carboxylic acids is 1. The highest BCUT2D eigenvalue weighted by Gasteiger charge is 2.58. The molecule has 2 aliphatic rings. The maximum atomic E-state index is 11.7. The molecule has 1 fully saturated rings.